The van der Waals surface area contributed by atoms with Gasteiger partial charge in [0.2, 0.25) is 0 Å². The number of nitrogens with one attached hydrogen (secondary N) is 1. The third kappa shape index (κ3) is 4.19. The molecule has 1 heterocycles. The first kappa shape index (κ1) is 21.5. The first-order chi connectivity index (χ1) is 14.4. The predicted molar refractivity (Wildman–Crippen MR) is 102 cm³/mol. The summed E-state index contributed by atoms with van der Waals surface area (Å²) in [5, 5.41) is 6.16. The molecule has 0 fully saturated rings. The van der Waals surface area contributed by atoms with Crippen molar-refractivity contribution in [2.24, 2.45) is 7.05 Å². The molecule has 3 aromatic rings. The van der Waals surface area contributed by atoms with Crippen LogP contribution in [-0.2, 0) is 27.1 Å². The molecule has 0 aliphatic heterocycles. The number of para-hydroxylation sites is 1. The number of anilines is 1. The highest BCUT2D eigenvalue weighted by atomic mass is 19.3. The van der Waals surface area contributed by atoms with Crippen molar-refractivity contribution in [3.05, 3.63) is 70.5 Å². The smallest absolute Gasteiger partial charge is 0.282 e. The lowest BCUT2D eigenvalue weighted by molar-refractivity contribution is 0.101. The van der Waals surface area contributed by atoms with Crippen LogP contribution < -0.4 is 5.32 Å². The van der Waals surface area contributed by atoms with Crippen molar-refractivity contribution in [3.8, 4) is 11.1 Å². The molecular weight excluding hydrogens is 405 g/mol. The molecule has 0 saturated carbocycles. The Morgan fingerprint density at radius 2 is 1.70 bits per heavy atom. The fourth-order valence-electron chi connectivity index (χ4n) is 3.24. The SMILES string of the molecule is Cn1cc(C(=O)Nc2ccccc2-c2cc(CF)c(CF)c(CF)c2)c(C(F)F)n1. The van der Waals surface area contributed by atoms with E-state index in [0.717, 1.165) is 4.68 Å². The van der Waals surface area contributed by atoms with Gasteiger partial charge in [0.15, 0.2) is 0 Å². The summed E-state index contributed by atoms with van der Waals surface area (Å²) in [5.41, 5.74) is 0.0541. The number of hydrogen-bond acceptors (Lipinski definition) is 2. The van der Waals surface area contributed by atoms with Gasteiger partial charge >= 0.3 is 0 Å². The molecule has 0 bridgehead atoms. The molecule has 4 nitrogen and oxygen atoms in total. The number of alkyl halides is 5. The van der Waals surface area contributed by atoms with Crippen LogP contribution in [0.3, 0.4) is 0 Å². The van der Waals surface area contributed by atoms with Gasteiger partial charge in [0, 0.05) is 24.5 Å². The van der Waals surface area contributed by atoms with Gasteiger partial charge in [0.1, 0.15) is 25.7 Å². The van der Waals surface area contributed by atoms with Crippen LogP contribution in [0.1, 0.15) is 39.2 Å². The summed E-state index contributed by atoms with van der Waals surface area (Å²) in [6.07, 6.45) is -1.76. The summed E-state index contributed by atoms with van der Waals surface area (Å²) in [6.45, 7) is -2.97. The Morgan fingerprint density at radius 1 is 1.07 bits per heavy atom. The zero-order valence-electron chi connectivity index (χ0n) is 15.9. The van der Waals surface area contributed by atoms with Gasteiger partial charge < -0.3 is 5.32 Å². The van der Waals surface area contributed by atoms with Crippen LogP contribution in [0, 0.1) is 0 Å². The number of carbonyl (C=O) groups is 1. The van der Waals surface area contributed by atoms with E-state index in [2.05, 4.69) is 10.4 Å². The van der Waals surface area contributed by atoms with E-state index in [1.807, 2.05) is 0 Å². The Bertz CT molecular complexity index is 1040. The highest BCUT2D eigenvalue weighted by molar-refractivity contribution is 6.07. The molecule has 0 aliphatic carbocycles. The molecule has 9 heteroatoms. The molecule has 30 heavy (non-hydrogen) atoms. The van der Waals surface area contributed by atoms with Gasteiger partial charge in [-0.05, 0) is 40.5 Å². The molecule has 0 unspecified atom stereocenters. The van der Waals surface area contributed by atoms with Crippen LogP contribution >= 0.6 is 0 Å². The van der Waals surface area contributed by atoms with E-state index < -0.39 is 38.1 Å². The molecule has 1 amide bonds. The average Bonchev–Trinajstić information content (AvgIpc) is 3.15. The fourth-order valence-corrected chi connectivity index (χ4v) is 3.24. The van der Waals surface area contributed by atoms with Gasteiger partial charge in [-0.15, -0.1) is 0 Å². The molecule has 0 aliphatic rings. The van der Waals surface area contributed by atoms with Gasteiger partial charge in [-0.1, -0.05) is 18.2 Å². The molecule has 158 valence electrons. The van der Waals surface area contributed by atoms with Crippen molar-refractivity contribution in [2.45, 2.75) is 26.4 Å². The molecule has 0 spiro atoms. The van der Waals surface area contributed by atoms with Gasteiger partial charge in [-0.2, -0.15) is 5.10 Å². The number of amides is 1. The molecular formula is C21H18F5N3O. The number of hydrogen-bond donors (Lipinski definition) is 1. The lowest BCUT2D eigenvalue weighted by Gasteiger charge is -2.15. The number of halogens is 5. The second-order valence-electron chi connectivity index (χ2n) is 6.58. The lowest BCUT2D eigenvalue weighted by Crippen LogP contribution is -2.14. The number of aromatic nitrogens is 2. The maximum Gasteiger partial charge on any atom is 0.282 e. The van der Waals surface area contributed by atoms with Crippen LogP contribution in [0.25, 0.3) is 11.1 Å². The van der Waals surface area contributed by atoms with E-state index in [1.54, 1.807) is 18.2 Å². The van der Waals surface area contributed by atoms with E-state index in [1.165, 1.54) is 31.4 Å². The Balaban J connectivity index is 2.03. The minimum absolute atomic E-state index is 0.0102. The van der Waals surface area contributed by atoms with Gasteiger partial charge in [0.05, 0.1) is 5.56 Å². The minimum atomic E-state index is -2.94. The fraction of sp³-hybridized carbons (Fsp3) is 0.238. The average molecular weight is 423 g/mol. The number of carbonyl (C=O) groups excluding carboxylic acids is 1. The van der Waals surface area contributed by atoms with Crippen molar-refractivity contribution in [2.75, 3.05) is 5.32 Å². The minimum Gasteiger partial charge on any atom is -0.321 e. The Labute approximate surface area is 169 Å². The Hall–Kier alpha value is -3.23. The van der Waals surface area contributed by atoms with Crippen molar-refractivity contribution in [3.63, 3.8) is 0 Å². The second-order valence-corrected chi connectivity index (χ2v) is 6.58. The molecule has 0 saturated heterocycles. The number of nitrogens with zero attached hydrogens (tertiary/aromatic N) is 2. The third-order valence-electron chi connectivity index (χ3n) is 4.65. The summed E-state index contributed by atoms with van der Waals surface area (Å²) in [5.74, 6) is -0.803. The number of benzene rings is 2. The zero-order valence-corrected chi connectivity index (χ0v) is 15.9. The summed E-state index contributed by atoms with van der Waals surface area (Å²) in [4.78, 5) is 12.6. The zero-order chi connectivity index (χ0) is 21.8. The first-order valence-electron chi connectivity index (χ1n) is 8.94. The van der Waals surface area contributed by atoms with E-state index in [0.29, 0.717) is 11.1 Å². The molecule has 0 atom stereocenters. The number of aryl methyl sites for hydroxylation is 1. The molecule has 1 N–H and O–H groups in total. The molecule has 3 rings (SSSR count). The van der Waals surface area contributed by atoms with Crippen LogP contribution in [0.2, 0.25) is 0 Å². The highest BCUT2D eigenvalue weighted by Gasteiger charge is 2.23. The Morgan fingerprint density at radius 3 is 2.27 bits per heavy atom. The van der Waals surface area contributed by atoms with Gasteiger partial charge in [-0.25, -0.2) is 22.0 Å². The molecule has 1 aromatic heterocycles. The second kappa shape index (κ2) is 9.06. The summed E-state index contributed by atoms with van der Waals surface area (Å²) in [7, 11) is 1.42. The number of rotatable bonds is 7. The third-order valence-corrected chi connectivity index (χ3v) is 4.65. The first-order valence-corrected chi connectivity index (χ1v) is 8.94. The van der Waals surface area contributed by atoms with Crippen LogP contribution in [0.4, 0.5) is 27.6 Å². The quantitative estimate of drug-likeness (QED) is 0.497. The Kier molecular flexibility index (Phi) is 6.49. The predicted octanol–water partition coefficient (Wildman–Crippen LogP) is 5.69. The van der Waals surface area contributed by atoms with E-state index >= 15 is 0 Å². The molecule has 2 aromatic carbocycles. The van der Waals surface area contributed by atoms with Crippen LogP contribution in [0.5, 0.6) is 0 Å². The van der Waals surface area contributed by atoms with E-state index in [4.69, 9.17) is 0 Å². The van der Waals surface area contributed by atoms with E-state index in [-0.39, 0.29) is 27.9 Å². The van der Waals surface area contributed by atoms with Crippen molar-refractivity contribution >= 4 is 11.6 Å². The maximum absolute atomic E-state index is 13.4. The van der Waals surface area contributed by atoms with Crippen LogP contribution in [0.15, 0.2) is 42.6 Å². The monoisotopic (exact) mass is 423 g/mol. The molecule has 0 radical (unpaired) electrons. The van der Waals surface area contributed by atoms with Crippen LogP contribution in [-0.4, -0.2) is 15.7 Å². The van der Waals surface area contributed by atoms with Crippen molar-refractivity contribution in [1.29, 1.82) is 0 Å². The summed E-state index contributed by atoms with van der Waals surface area (Å²) >= 11 is 0. The topological polar surface area (TPSA) is 46.9 Å². The standard InChI is InChI=1S/C21H18F5N3O/c1-29-11-17(19(28-29)20(25)26)21(30)27-18-5-3-2-4-15(18)12-6-13(8-22)16(10-24)14(7-12)9-23/h2-7,11,20H,8-10H2,1H3,(H,27,30). The summed E-state index contributed by atoms with van der Waals surface area (Å²) < 4.78 is 67.5. The van der Waals surface area contributed by atoms with Crippen molar-refractivity contribution in [1.82, 2.24) is 9.78 Å². The lowest BCUT2D eigenvalue weighted by atomic mass is 9.94. The largest absolute Gasteiger partial charge is 0.321 e. The maximum atomic E-state index is 13.4. The van der Waals surface area contributed by atoms with Gasteiger partial charge in [0.25, 0.3) is 12.3 Å². The van der Waals surface area contributed by atoms with Crippen molar-refractivity contribution < 1.29 is 26.7 Å². The highest BCUT2D eigenvalue weighted by Crippen LogP contribution is 2.33. The summed E-state index contributed by atoms with van der Waals surface area (Å²) in [6, 6.07) is 9.15. The van der Waals surface area contributed by atoms with Gasteiger partial charge in [-0.3, -0.25) is 9.48 Å². The van der Waals surface area contributed by atoms with E-state index in [9.17, 15) is 26.7 Å². The normalized spacial score (nSPS) is 11.2.